The first-order chi connectivity index (χ1) is 11.4. The number of amides is 1. The van der Waals surface area contributed by atoms with Gasteiger partial charge in [0.1, 0.15) is 0 Å². The van der Waals surface area contributed by atoms with Crippen LogP contribution in [0.3, 0.4) is 0 Å². The topological polar surface area (TPSA) is 66.4 Å². The number of rotatable bonds is 6. The fourth-order valence-corrected chi connectivity index (χ4v) is 2.59. The summed E-state index contributed by atoms with van der Waals surface area (Å²) < 4.78 is 0. The Labute approximate surface area is 142 Å². The first-order valence-electron chi connectivity index (χ1n) is 8.05. The maximum absolute atomic E-state index is 12.3. The van der Waals surface area contributed by atoms with Crippen molar-refractivity contribution in [1.82, 2.24) is 0 Å². The van der Waals surface area contributed by atoms with Gasteiger partial charge < -0.3 is 10.4 Å². The van der Waals surface area contributed by atoms with Crippen molar-refractivity contribution in [3.63, 3.8) is 0 Å². The van der Waals surface area contributed by atoms with Crippen LogP contribution in [0.4, 0.5) is 5.69 Å². The number of nitrogens with one attached hydrogen (secondary N) is 1. The van der Waals surface area contributed by atoms with E-state index in [-0.39, 0.29) is 24.5 Å². The Morgan fingerprint density at radius 3 is 2.50 bits per heavy atom. The summed E-state index contributed by atoms with van der Waals surface area (Å²) in [5.41, 5.74) is 3.86. The Bertz CT molecular complexity index is 750. The zero-order valence-electron chi connectivity index (χ0n) is 14.3. The molecule has 2 rings (SSSR count). The molecule has 0 aliphatic rings. The molecule has 4 nitrogen and oxygen atoms in total. The smallest absolute Gasteiger partial charge is 0.224 e. The highest BCUT2D eigenvalue weighted by Crippen LogP contribution is 2.22. The van der Waals surface area contributed by atoms with Crippen LogP contribution in [0.1, 0.15) is 52.9 Å². The minimum Gasteiger partial charge on any atom is -0.389 e. The predicted octanol–water partition coefficient (Wildman–Crippen LogP) is 3.96. The van der Waals surface area contributed by atoms with E-state index >= 15 is 0 Å². The highest BCUT2D eigenvalue weighted by molar-refractivity contribution is 6.01. The van der Waals surface area contributed by atoms with Gasteiger partial charge in [0.2, 0.25) is 5.91 Å². The molecule has 0 radical (unpaired) electrons. The van der Waals surface area contributed by atoms with Crippen molar-refractivity contribution in [2.24, 2.45) is 0 Å². The first kappa shape index (κ1) is 17.9. The second-order valence-corrected chi connectivity index (χ2v) is 6.05. The summed E-state index contributed by atoms with van der Waals surface area (Å²) in [4.78, 5) is 24.5. The largest absolute Gasteiger partial charge is 0.389 e. The van der Waals surface area contributed by atoms with Crippen molar-refractivity contribution >= 4 is 17.4 Å². The van der Waals surface area contributed by atoms with Gasteiger partial charge in [-0.05, 0) is 38.5 Å². The van der Waals surface area contributed by atoms with Crippen molar-refractivity contribution in [3.05, 3.63) is 64.7 Å². The van der Waals surface area contributed by atoms with Gasteiger partial charge in [-0.2, -0.15) is 0 Å². The Morgan fingerprint density at radius 1 is 1.08 bits per heavy atom. The third-order valence-electron chi connectivity index (χ3n) is 3.96. The third kappa shape index (κ3) is 4.52. The van der Waals surface area contributed by atoms with Gasteiger partial charge in [0.25, 0.3) is 0 Å². The molecule has 0 saturated carbocycles. The van der Waals surface area contributed by atoms with E-state index in [1.165, 1.54) is 0 Å². The average molecular weight is 325 g/mol. The molecule has 0 fully saturated rings. The molecule has 1 unspecified atom stereocenters. The number of anilines is 1. The summed E-state index contributed by atoms with van der Waals surface area (Å²) in [5.74, 6) is -0.267. The lowest BCUT2D eigenvalue weighted by Crippen LogP contribution is -2.15. The number of aryl methyl sites for hydroxylation is 2. The molecule has 2 aromatic carbocycles. The van der Waals surface area contributed by atoms with Gasteiger partial charge in [-0.1, -0.05) is 35.9 Å². The molecule has 0 saturated heterocycles. The molecule has 1 amide bonds. The highest BCUT2D eigenvalue weighted by Gasteiger charge is 2.14. The quantitative estimate of drug-likeness (QED) is 0.790. The Kier molecular flexibility index (Phi) is 5.88. The van der Waals surface area contributed by atoms with E-state index in [1.54, 1.807) is 25.1 Å². The summed E-state index contributed by atoms with van der Waals surface area (Å²) in [7, 11) is 0. The van der Waals surface area contributed by atoms with Crippen molar-refractivity contribution in [2.75, 3.05) is 5.32 Å². The normalized spacial score (nSPS) is 11.8. The molecule has 126 valence electrons. The van der Waals surface area contributed by atoms with E-state index in [4.69, 9.17) is 0 Å². The van der Waals surface area contributed by atoms with E-state index in [0.717, 1.165) is 11.1 Å². The number of carbonyl (C=O) groups excluding carboxylic acids is 2. The van der Waals surface area contributed by atoms with E-state index in [2.05, 4.69) is 5.32 Å². The van der Waals surface area contributed by atoms with E-state index in [1.807, 2.05) is 38.1 Å². The Morgan fingerprint density at radius 2 is 1.79 bits per heavy atom. The van der Waals surface area contributed by atoms with Crippen LogP contribution in [-0.2, 0) is 4.79 Å². The minimum absolute atomic E-state index is 0.0323. The van der Waals surface area contributed by atoms with E-state index in [0.29, 0.717) is 16.8 Å². The second-order valence-electron chi connectivity index (χ2n) is 6.05. The summed E-state index contributed by atoms with van der Waals surface area (Å²) in [5, 5.41) is 12.5. The molecule has 4 heteroatoms. The van der Waals surface area contributed by atoms with Crippen LogP contribution in [0.2, 0.25) is 0 Å². The van der Waals surface area contributed by atoms with Crippen LogP contribution in [0.5, 0.6) is 0 Å². The number of Topliss-reactive ketones (excluding diaryl/α,β-unsaturated/α-hetero) is 1. The van der Waals surface area contributed by atoms with Crippen molar-refractivity contribution < 1.29 is 14.7 Å². The predicted molar refractivity (Wildman–Crippen MR) is 95.2 cm³/mol. The van der Waals surface area contributed by atoms with Crippen LogP contribution >= 0.6 is 0 Å². The van der Waals surface area contributed by atoms with E-state index < -0.39 is 6.10 Å². The van der Waals surface area contributed by atoms with Crippen LogP contribution in [0.25, 0.3) is 0 Å². The van der Waals surface area contributed by atoms with Gasteiger partial charge in [-0.15, -0.1) is 0 Å². The summed E-state index contributed by atoms with van der Waals surface area (Å²) in [6.45, 7) is 5.48. The zero-order valence-corrected chi connectivity index (χ0v) is 14.3. The van der Waals surface area contributed by atoms with Gasteiger partial charge in [-0.3, -0.25) is 9.59 Å². The standard InChI is InChI=1S/C20H23NO3/c1-13-8-9-14(2)17(12-13)19(23)10-11-20(24)21-18-7-5-4-6-16(18)15(3)22/h4-9,12,15,22H,10-11H2,1-3H3,(H,21,24). The number of carbonyl (C=O) groups is 2. The number of aliphatic hydroxyl groups excluding tert-OH is 1. The zero-order chi connectivity index (χ0) is 17.7. The molecule has 0 aliphatic carbocycles. The highest BCUT2D eigenvalue weighted by atomic mass is 16.3. The molecular weight excluding hydrogens is 302 g/mol. The van der Waals surface area contributed by atoms with E-state index in [9.17, 15) is 14.7 Å². The van der Waals surface area contributed by atoms with Crippen LogP contribution < -0.4 is 5.32 Å². The molecular formula is C20H23NO3. The van der Waals surface area contributed by atoms with Gasteiger partial charge >= 0.3 is 0 Å². The number of para-hydroxylation sites is 1. The monoisotopic (exact) mass is 325 g/mol. The summed E-state index contributed by atoms with van der Waals surface area (Å²) in [6.07, 6.45) is -0.397. The Balaban J connectivity index is 1.99. The summed E-state index contributed by atoms with van der Waals surface area (Å²) >= 11 is 0. The van der Waals surface area contributed by atoms with Crippen molar-refractivity contribution in [3.8, 4) is 0 Å². The third-order valence-corrected chi connectivity index (χ3v) is 3.96. The lowest BCUT2D eigenvalue weighted by Gasteiger charge is -2.13. The molecule has 0 bridgehead atoms. The average Bonchev–Trinajstić information content (AvgIpc) is 2.55. The van der Waals surface area contributed by atoms with Gasteiger partial charge in [0.05, 0.1) is 6.10 Å². The molecule has 0 heterocycles. The van der Waals surface area contributed by atoms with Gasteiger partial charge in [-0.25, -0.2) is 0 Å². The van der Waals surface area contributed by atoms with Gasteiger partial charge in [0, 0.05) is 29.7 Å². The first-order valence-corrected chi connectivity index (χ1v) is 8.05. The maximum atomic E-state index is 12.3. The van der Waals surface area contributed by atoms with Crippen molar-refractivity contribution in [1.29, 1.82) is 0 Å². The SMILES string of the molecule is Cc1ccc(C)c(C(=O)CCC(=O)Nc2ccccc2C(C)O)c1. The minimum atomic E-state index is -0.668. The van der Waals surface area contributed by atoms with Crippen LogP contribution in [0.15, 0.2) is 42.5 Å². The van der Waals surface area contributed by atoms with Crippen LogP contribution in [0, 0.1) is 13.8 Å². The number of ketones is 1. The second kappa shape index (κ2) is 7.88. The lowest BCUT2D eigenvalue weighted by atomic mass is 9.99. The molecule has 24 heavy (non-hydrogen) atoms. The fraction of sp³-hybridized carbons (Fsp3) is 0.300. The van der Waals surface area contributed by atoms with Crippen LogP contribution in [-0.4, -0.2) is 16.8 Å². The molecule has 1 atom stereocenters. The lowest BCUT2D eigenvalue weighted by molar-refractivity contribution is -0.116. The molecule has 0 spiro atoms. The number of aliphatic hydroxyl groups is 1. The number of benzene rings is 2. The number of hydrogen-bond acceptors (Lipinski definition) is 3. The maximum Gasteiger partial charge on any atom is 0.224 e. The van der Waals surface area contributed by atoms with Crippen molar-refractivity contribution in [2.45, 2.75) is 39.7 Å². The van der Waals surface area contributed by atoms with Gasteiger partial charge in [0.15, 0.2) is 5.78 Å². The Hall–Kier alpha value is -2.46. The number of hydrogen-bond donors (Lipinski definition) is 2. The summed E-state index contributed by atoms with van der Waals surface area (Å²) in [6, 6.07) is 12.9. The molecule has 2 aromatic rings. The fourth-order valence-electron chi connectivity index (χ4n) is 2.59. The molecule has 0 aliphatic heterocycles. The molecule has 2 N–H and O–H groups in total. The molecule has 0 aromatic heterocycles.